The number of hydrogen-bond acceptors (Lipinski definition) is 2. The van der Waals surface area contributed by atoms with Crippen molar-refractivity contribution in [2.45, 2.75) is 40.5 Å². The molecule has 2 rings (SSSR count). The summed E-state index contributed by atoms with van der Waals surface area (Å²) in [5.74, 6) is 0.316. The number of rotatable bonds is 4. The van der Waals surface area contributed by atoms with Gasteiger partial charge in [-0.3, -0.25) is 4.99 Å². The summed E-state index contributed by atoms with van der Waals surface area (Å²) in [7, 11) is 0. The molecule has 0 saturated carbocycles. The minimum absolute atomic E-state index is 0.316. The Kier molecular flexibility index (Phi) is 4.79. The predicted octanol–water partition coefficient (Wildman–Crippen LogP) is 4.88. The van der Waals surface area contributed by atoms with Gasteiger partial charge in [-0.15, -0.1) is 0 Å². The lowest BCUT2D eigenvalue weighted by Crippen LogP contribution is -1.91. The van der Waals surface area contributed by atoms with Crippen LogP contribution in [0.2, 0.25) is 0 Å². The van der Waals surface area contributed by atoms with Crippen molar-refractivity contribution in [1.29, 1.82) is 0 Å². The molecule has 0 bridgehead atoms. The van der Waals surface area contributed by atoms with Crippen LogP contribution in [-0.4, -0.2) is 11.3 Å². The summed E-state index contributed by atoms with van der Waals surface area (Å²) in [6.07, 6.45) is 3.70. The first-order valence-electron chi connectivity index (χ1n) is 7.51. The first kappa shape index (κ1) is 15.3. The van der Waals surface area contributed by atoms with Crippen LogP contribution < -0.4 is 0 Å². The molecule has 0 radical (unpaired) electrons. The minimum atomic E-state index is 0.316. The van der Waals surface area contributed by atoms with Gasteiger partial charge in [-0.05, 0) is 55.0 Å². The van der Waals surface area contributed by atoms with E-state index < -0.39 is 0 Å². The minimum Gasteiger partial charge on any atom is -0.507 e. The number of phenolic OH excluding ortho intramolecular Hbond substituents is 1. The highest BCUT2D eigenvalue weighted by Gasteiger charge is 2.06. The molecule has 2 aromatic rings. The number of hydrogen-bond donors (Lipinski definition) is 1. The Hall–Kier alpha value is -2.09. The highest BCUT2D eigenvalue weighted by molar-refractivity contribution is 5.87. The Morgan fingerprint density at radius 2 is 1.67 bits per heavy atom. The van der Waals surface area contributed by atoms with Gasteiger partial charge in [0.25, 0.3) is 0 Å². The smallest absolute Gasteiger partial charge is 0.127 e. The van der Waals surface area contributed by atoms with Crippen molar-refractivity contribution < 1.29 is 5.11 Å². The Bertz CT molecular complexity index is 649. The van der Waals surface area contributed by atoms with Crippen LogP contribution in [0.4, 0.5) is 5.69 Å². The van der Waals surface area contributed by atoms with Crippen LogP contribution in [0.25, 0.3) is 0 Å². The van der Waals surface area contributed by atoms with E-state index in [1.165, 1.54) is 11.1 Å². The molecule has 2 aromatic carbocycles. The number of nitrogens with zero attached hydrogens (tertiary/aromatic N) is 1. The molecule has 0 saturated heterocycles. The summed E-state index contributed by atoms with van der Waals surface area (Å²) < 4.78 is 0. The molecule has 2 heteroatoms. The van der Waals surface area contributed by atoms with Crippen LogP contribution in [0.5, 0.6) is 5.75 Å². The maximum Gasteiger partial charge on any atom is 0.127 e. The van der Waals surface area contributed by atoms with E-state index >= 15 is 0 Å². The van der Waals surface area contributed by atoms with Gasteiger partial charge in [0.15, 0.2) is 0 Å². The van der Waals surface area contributed by atoms with E-state index in [4.69, 9.17) is 0 Å². The van der Waals surface area contributed by atoms with E-state index in [1.54, 1.807) is 6.21 Å². The van der Waals surface area contributed by atoms with Crippen LogP contribution in [0.1, 0.15) is 41.7 Å². The molecule has 0 fully saturated rings. The number of aromatic hydroxyl groups is 1. The van der Waals surface area contributed by atoms with Gasteiger partial charge in [0.05, 0.1) is 5.69 Å². The van der Waals surface area contributed by atoms with Gasteiger partial charge in [-0.25, -0.2) is 0 Å². The summed E-state index contributed by atoms with van der Waals surface area (Å²) in [6.45, 7) is 8.22. The molecular formula is C19H23NO. The van der Waals surface area contributed by atoms with Gasteiger partial charge >= 0.3 is 0 Å². The van der Waals surface area contributed by atoms with Crippen molar-refractivity contribution in [1.82, 2.24) is 0 Å². The van der Waals surface area contributed by atoms with Gasteiger partial charge in [-0.1, -0.05) is 38.1 Å². The third kappa shape index (κ3) is 3.33. The van der Waals surface area contributed by atoms with E-state index in [0.717, 1.165) is 35.2 Å². The molecular weight excluding hydrogens is 258 g/mol. The fourth-order valence-electron chi connectivity index (χ4n) is 2.61. The zero-order valence-electron chi connectivity index (χ0n) is 13.3. The molecule has 0 aliphatic rings. The Morgan fingerprint density at radius 3 is 2.24 bits per heavy atom. The molecule has 0 aliphatic heterocycles. The van der Waals surface area contributed by atoms with Crippen LogP contribution >= 0.6 is 0 Å². The van der Waals surface area contributed by atoms with Crippen LogP contribution in [-0.2, 0) is 12.8 Å². The van der Waals surface area contributed by atoms with Crippen molar-refractivity contribution in [2.75, 3.05) is 0 Å². The van der Waals surface area contributed by atoms with Crippen LogP contribution in [0.15, 0.2) is 35.3 Å². The van der Waals surface area contributed by atoms with Crippen molar-refractivity contribution in [2.24, 2.45) is 4.99 Å². The van der Waals surface area contributed by atoms with Crippen molar-refractivity contribution in [3.8, 4) is 5.75 Å². The number of benzene rings is 2. The molecule has 21 heavy (non-hydrogen) atoms. The Balaban J connectivity index is 2.47. The maximum atomic E-state index is 10.2. The molecule has 0 spiro atoms. The number of para-hydroxylation sites is 1. The van der Waals surface area contributed by atoms with Crippen molar-refractivity contribution in [3.63, 3.8) is 0 Å². The monoisotopic (exact) mass is 281 g/mol. The Morgan fingerprint density at radius 1 is 1.05 bits per heavy atom. The van der Waals surface area contributed by atoms with Crippen LogP contribution in [0, 0.1) is 13.8 Å². The lowest BCUT2D eigenvalue weighted by molar-refractivity contribution is 0.470. The molecule has 110 valence electrons. The zero-order chi connectivity index (χ0) is 15.4. The third-order valence-electron chi connectivity index (χ3n) is 3.77. The summed E-state index contributed by atoms with van der Waals surface area (Å²) >= 11 is 0. The molecule has 0 unspecified atom stereocenters. The normalized spacial score (nSPS) is 11.2. The summed E-state index contributed by atoms with van der Waals surface area (Å²) in [5, 5.41) is 10.2. The van der Waals surface area contributed by atoms with E-state index in [1.807, 2.05) is 26.0 Å². The van der Waals surface area contributed by atoms with Crippen molar-refractivity contribution >= 4 is 11.9 Å². The van der Waals surface area contributed by atoms with Gasteiger partial charge < -0.3 is 5.11 Å². The standard InChI is InChI=1S/C19H23NO/c1-5-15-8-7-9-16(6-2)18(15)20-12-17-11-13(3)10-14(4)19(17)21/h7-12,21H,5-6H2,1-4H3. The third-order valence-corrected chi connectivity index (χ3v) is 3.77. The SMILES string of the molecule is CCc1cccc(CC)c1N=Cc1cc(C)cc(C)c1O. The van der Waals surface area contributed by atoms with E-state index in [9.17, 15) is 5.11 Å². The maximum absolute atomic E-state index is 10.2. The number of aryl methyl sites for hydroxylation is 4. The molecule has 0 heterocycles. The van der Waals surface area contributed by atoms with Gasteiger partial charge in [0.2, 0.25) is 0 Å². The van der Waals surface area contributed by atoms with E-state index in [2.05, 4.69) is 37.0 Å². The molecule has 0 aromatic heterocycles. The van der Waals surface area contributed by atoms with E-state index in [0.29, 0.717) is 5.75 Å². The average molecular weight is 281 g/mol. The Labute approximate surface area is 127 Å². The first-order valence-corrected chi connectivity index (χ1v) is 7.51. The van der Waals surface area contributed by atoms with E-state index in [-0.39, 0.29) is 0 Å². The summed E-state index contributed by atoms with van der Waals surface area (Å²) in [6, 6.07) is 10.3. The van der Waals surface area contributed by atoms with Gasteiger partial charge in [0.1, 0.15) is 5.75 Å². The second-order valence-corrected chi connectivity index (χ2v) is 5.41. The summed E-state index contributed by atoms with van der Waals surface area (Å²) in [5.41, 5.74) is 6.33. The highest BCUT2D eigenvalue weighted by Crippen LogP contribution is 2.27. The fraction of sp³-hybridized carbons (Fsp3) is 0.316. The zero-order valence-corrected chi connectivity index (χ0v) is 13.3. The lowest BCUT2D eigenvalue weighted by Gasteiger charge is -2.09. The summed E-state index contributed by atoms with van der Waals surface area (Å²) in [4.78, 5) is 4.68. The molecule has 0 atom stereocenters. The molecule has 0 amide bonds. The second kappa shape index (κ2) is 6.57. The van der Waals surface area contributed by atoms with Gasteiger partial charge in [-0.2, -0.15) is 0 Å². The lowest BCUT2D eigenvalue weighted by atomic mass is 10.0. The first-order chi connectivity index (χ1) is 10.1. The topological polar surface area (TPSA) is 32.6 Å². The quantitative estimate of drug-likeness (QED) is 0.796. The second-order valence-electron chi connectivity index (χ2n) is 5.41. The number of phenols is 1. The molecule has 1 N–H and O–H groups in total. The molecule has 2 nitrogen and oxygen atoms in total. The van der Waals surface area contributed by atoms with Gasteiger partial charge in [0, 0.05) is 11.8 Å². The van der Waals surface area contributed by atoms with Crippen molar-refractivity contribution in [3.05, 3.63) is 58.1 Å². The number of aliphatic imine (C=N–C) groups is 1. The fourth-order valence-corrected chi connectivity index (χ4v) is 2.61. The largest absolute Gasteiger partial charge is 0.507 e. The molecule has 0 aliphatic carbocycles. The highest BCUT2D eigenvalue weighted by atomic mass is 16.3. The predicted molar refractivity (Wildman–Crippen MR) is 90.0 cm³/mol. The van der Waals surface area contributed by atoms with Crippen LogP contribution in [0.3, 0.4) is 0 Å². The average Bonchev–Trinajstić information content (AvgIpc) is 2.48.